The van der Waals surface area contributed by atoms with Crippen molar-refractivity contribution in [3.63, 3.8) is 0 Å². The molecule has 1 amide bonds. The summed E-state index contributed by atoms with van der Waals surface area (Å²) in [6.45, 7) is 7.33. The largest absolute Gasteiger partial charge is 0.486 e. The maximum atomic E-state index is 12.3. The van der Waals surface area contributed by atoms with Crippen LogP contribution in [0.1, 0.15) is 41.6 Å². The lowest BCUT2D eigenvalue weighted by molar-refractivity contribution is -0.121. The summed E-state index contributed by atoms with van der Waals surface area (Å²) in [7, 11) is 0. The molecule has 4 nitrogen and oxygen atoms in total. The van der Waals surface area contributed by atoms with Gasteiger partial charge in [0.1, 0.15) is 13.2 Å². The lowest BCUT2D eigenvalue weighted by atomic mass is 10.0. The van der Waals surface area contributed by atoms with Crippen LogP contribution in [-0.2, 0) is 11.2 Å². The van der Waals surface area contributed by atoms with Gasteiger partial charge in [-0.1, -0.05) is 24.3 Å². The van der Waals surface area contributed by atoms with Gasteiger partial charge in [-0.05, 0) is 61.6 Å². The number of fused-ring (bicyclic) bond motifs is 1. The van der Waals surface area contributed by atoms with Crippen molar-refractivity contribution >= 4 is 5.91 Å². The second-order valence-electron chi connectivity index (χ2n) is 6.61. The number of amides is 1. The summed E-state index contributed by atoms with van der Waals surface area (Å²) in [5.74, 6) is 1.57. The number of carbonyl (C=O) groups is 1. The van der Waals surface area contributed by atoms with E-state index in [4.69, 9.17) is 9.47 Å². The van der Waals surface area contributed by atoms with Crippen LogP contribution in [0.4, 0.5) is 0 Å². The van der Waals surface area contributed by atoms with Crippen molar-refractivity contribution in [3.05, 3.63) is 58.7 Å². The summed E-state index contributed by atoms with van der Waals surface area (Å²) in [6, 6.07) is 12.1. The SMILES string of the molecule is Cc1ccc(CCC(=O)N[C@H](C)c2ccc3c(c2)OCCO3)cc1C. The molecule has 0 saturated carbocycles. The van der Waals surface area contributed by atoms with Crippen molar-refractivity contribution in [2.24, 2.45) is 0 Å². The van der Waals surface area contributed by atoms with Gasteiger partial charge < -0.3 is 14.8 Å². The molecule has 2 aromatic carbocycles. The summed E-state index contributed by atoms with van der Waals surface area (Å²) in [6.07, 6.45) is 1.23. The first-order chi connectivity index (χ1) is 12.0. The summed E-state index contributed by atoms with van der Waals surface area (Å²) in [4.78, 5) is 12.3. The first-order valence-corrected chi connectivity index (χ1v) is 8.78. The van der Waals surface area contributed by atoms with E-state index < -0.39 is 0 Å². The molecule has 1 heterocycles. The zero-order valence-electron chi connectivity index (χ0n) is 15.1. The Bertz CT molecular complexity index is 770. The van der Waals surface area contributed by atoms with Crippen molar-refractivity contribution < 1.29 is 14.3 Å². The van der Waals surface area contributed by atoms with Gasteiger partial charge in [-0.3, -0.25) is 4.79 Å². The van der Waals surface area contributed by atoms with Crippen LogP contribution in [0.2, 0.25) is 0 Å². The molecule has 0 bridgehead atoms. The molecule has 1 aliphatic rings. The molecular weight excluding hydrogens is 314 g/mol. The smallest absolute Gasteiger partial charge is 0.220 e. The third-order valence-electron chi connectivity index (χ3n) is 4.66. The normalized spacial score (nSPS) is 14.0. The number of hydrogen-bond donors (Lipinski definition) is 1. The Balaban J connectivity index is 1.56. The van der Waals surface area contributed by atoms with Crippen LogP contribution in [-0.4, -0.2) is 19.1 Å². The first-order valence-electron chi connectivity index (χ1n) is 8.78. The number of ether oxygens (including phenoxy) is 2. The van der Waals surface area contributed by atoms with Crippen LogP contribution in [0, 0.1) is 13.8 Å². The first kappa shape index (κ1) is 17.3. The summed E-state index contributed by atoms with van der Waals surface area (Å²) < 4.78 is 11.1. The predicted octanol–water partition coefficient (Wildman–Crippen LogP) is 3.88. The quantitative estimate of drug-likeness (QED) is 0.899. The molecule has 1 aliphatic heterocycles. The topological polar surface area (TPSA) is 47.6 Å². The standard InChI is InChI=1S/C21H25NO3/c1-14-4-5-17(12-15(14)2)6-9-21(23)22-16(3)18-7-8-19-20(13-18)25-11-10-24-19/h4-5,7-8,12-13,16H,6,9-11H2,1-3H3,(H,22,23)/t16-/m1/s1. The van der Waals surface area contributed by atoms with Gasteiger partial charge >= 0.3 is 0 Å². The molecule has 1 N–H and O–H groups in total. The van der Waals surface area contributed by atoms with Gasteiger partial charge in [-0.25, -0.2) is 0 Å². The van der Waals surface area contributed by atoms with Crippen molar-refractivity contribution in [2.75, 3.05) is 13.2 Å². The van der Waals surface area contributed by atoms with Crippen LogP contribution in [0.25, 0.3) is 0 Å². The molecule has 0 unspecified atom stereocenters. The molecule has 0 fully saturated rings. The molecule has 25 heavy (non-hydrogen) atoms. The van der Waals surface area contributed by atoms with Gasteiger partial charge in [0.2, 0.25) is 5.91 Å². The second kappa shape index (κ2) is 7.60. The summed E-state index contributed by atoms with van der Waals surface area (Å²) >= 11 is 0. The zero-order chi connectivity index (χ0) is 17.8. The predicted molar refractivity (Wildman–Crippen MR) is 98.2 cm³/mol. The Morgan fingerprint density at radius 1 is 1.04 bits per heavy atom. The molecular formula is C21H25NO3. The van der Waals surface area contributed by atoms with E-state index in [1.54, 1.807) is 0 Å². The number of benzene rings is 2. The minimum atomic E-state index is -0.0666. The maximum Gasteiger partial charge on any atom is 0.220 e. The Kier molecular flexibility index (Phi) is 5.27. The lowest BCUT2D eigenvalue weighted by Crippen LogP contribution is -2.27. The van der Waals surface area contributed by atoms with Gasteiger partial charge in [0.05, 0.1) is 6.04 Å². The minimum absolute atomic E-state index is 0.0561. The highest BCUT2D eigenvalue weighted by molar-refractivity contribution is 5.76. The fraction of sp³-hybridized carbons (Fsp3) is 0.381. The van der Waals surface area contributed by atoms with E-state index >= 15 is 0 Å². The molecule has 3 rings (SSSR count). The Morgan fingerprint density at radius 2 is 1.80 bits per heavy atom. The highest BCUT2D eigenvalue weighted by Crippen LogP contribution is 2.32. The number of carbonyl (C=O) groups excluding carboxylic acids is 1. The van der Waals surface area contributed by atoms with E-state index in [1.165, 1.54) is 16.7 Å². The van der Waals surface area contributed by atoms with Crippen LogP contribution in [0.5, 0.6) is 11.5 Å². The Labute approximate surface area is 149 Å². The number of nitrogens with one attached hydrogen (secondary N) is 1. The van der Waals surface area contributed by atoms with E-state index in [-0.39, 0.29) is 11.9 Å². The maximum absolute atomic E-state index is 12.3. The molecule has 132 valence electrons. The molecule has 0 aliphatic carbocycles. The van der Waals surface area contributed by atoms with E-state index in [0.29, 0.717) is 19.6 Å². The van der Waals surface area contributed by atoms with Crippen molar-refractivity contribution in [1.82, 2.24) is 5.32 Å². The summed E-state index contributed by atoms with van der Waals surface area (Å²) in [5.41, 5.74) is 4.76. The van der Waals surface area contributed by atoms with Crippen molar-refractivity contribution in [3.8, 4) is 11.5 Å². The van der Waals surface area contributed by atoms with Crippen molar-refractivity contribution in [2.45, 2.75) is 39.7 Å². The molecule has 4 heteroatoms. The van der Waals surface area contributed by atoms with Gasteiger partial charge in [-0.15, -0.1) is 0 Å². The number of aryl methyl sites for hydroxylation is 3. The molecule has 0 radical (unpaired) electrons. The van der Waals surface area contributed by atoms with E-state index in [1.807, 2.05) is 25.1 Å². The third-order valence-corrected chi connectivity index (χ3v) is 4.66. The molecule has 0 spiro atoms. The molecule has 0 aromatic heterocycles. The fourth-order valence-corrected chi connectivity index (χ4v) is 2.94. The average molecular weight is 339 g/mol. The van der Waals surface area contributed by atoms with Crippen molar-refractivity contribution in [1.29, 1.82) is 0 Å². The van der Waals surface area contributed by atoms with Gasteiger partial charge in [0.15, 0.2) is 11.5 Å². The van der Waals surface area contributed by atoms with Crippen LogP contribution in [0.3, 0.4) is 0 Å². The van der Waals surface area contributed by atoms with Gasteiger partial charge in [0.25, 0.3) is 0 Å². The Morgan fingerprint density at radius 3 is 2.56 bits per heavy atom. The zero-order valence-corrected chi connectivity index (χ0v) is 15.1. The van der Waals surface area contributed by atoms with Gasteiger partial charge in [0, 0.05) is 6.42 Å². The molecule has 1 atom stereocenters. The second-order valence-corrected chi connectivity index (χ2v) is 6.61. The van der Waals surface area contributed by atoms with E-state index in [2.05, 4.69) is 37.4 Å². The molecule has 0 saturated heterocycles. The highest BCUT2D eigenvalue weighted by Gasteiger charge is 2.15. The minimum Gasteiger partial charge on any atom is -0.486 e. The fourth-order valence-electron chi connectivity index (χ4n) is 2.94. The summed E-state index contributed by atoms with van der Waals surface area (Å²) in [5, 5.41) is 3.06. The van der Waals surface area contributed by atoms with Crippen LogP contribution in [0.15, 0.2) is 36.4 Å². The van der Waals surface area contributed by atoms with Crippen LogP contribution < -0.4 is 14.8 Å². The van der Waals surface area contributed by atoms with E-state index in [0.717, 1.165) is 23.5 Å². The lowest BCUT2D eigenvalue weighted by Gasteiger charge is -2.21. The van der Waals surface area contributed by atoms with E-state index in [9.17, 15) is 4.79 Å². The monoisotopic (exact) mass is 339 g/mol. The number of rotatable bonds is 5. The number of hydrogen-bond acceptors (Lipinski definition) is 3. The van der Waals surface area contributed by atoms with Crippen LogP contribution >= 0.6 is 0 Å². The Hall–Kier alpha value is -2.49. The average Bonchev–Trinajstić information content (AvgIpc) is 2.62. The third kappa shape index (κ3) is 4.32. The molecule has 2 aromatic rings. The highest BCUT2D eigenvalue weighted by atomic mass is 16.6. The van der Waals surface area contributed by atoms with Gasteiger partial charge in [-0.2, -0.15) is 0 Å².